The summed E-state index contributed by atoms with van der Waals surface area (Å²) in [5, 5.41) is 4.40. The standard InChI is InChI=1S/C14H13BrFN3/c1-9-6-12-14(15)18-13(19(12)17-8-9)7-10-4-2-3-5-11(10)16/h2-5,8-9H,6-7H2,1H3. The molecule has 1 atom stereocenters. The summed E-state index contributed by atoms with van der Waals surface area (Å²) >= 11 is 3.46. The first kappa shape index (κ1) is 12.5. The lowest BCUT2D eigenvalue weighted by atomic mass is 10.1. The number of rotatable bonds is 2. The van der Waals surface area contributed by atoms with Crippen LogP contribution < -0.4 is 0 Å². The number of hydrogen-bond acceptors (Lipinski definition) is 2. The first-order valence-corrected chi connectivity index (χ1v) is 6.98. The average molecular weight is 322 g/mol. The van der Waals surface area contributed by atoms with Gasteiger partial charge in [0.25, 0.3) is 0 Å². The number of nitrogens with zero attached hydrogens (tertiary/aromatic N) is 3. The van der Waals surface area contributed by atoms with E-state index >= 15 is 0 Å². The quantitative estimate of drug-likeness (QED) is 0.833. The first-order chi connectivity index (χ1) is 9.15. The van der Waals surface area contributed by atoms with Gasteiger partial charge in [0, 0.05) is 19.1 Å². The predicted octanol–water partition coefficient (Wildman–Crippen LogP) is 3.40. The third-order valence-electron chi connectivity index (χ3n) is 3.22. The van der Waals surface area contributed by atoms with E-state index in [4.69, 9.17) is 0 Å². The molecular weight excluding hydrogens is 309 g/mol. The molecule has 2 heterocycles. The Bertz CT molecular complexity index is 648. The van der Waals surface area contributed by atoms with E-state index in [9.17, 15) is 4.39 Å². The highest BCUT2D eigenvalue weighted by molar-refractivity contribution is 9.10. The maximum atomic E-state index is 13.7. The summed E-state index contributed by atoms with van der Waals surface area (Å²) < 4.78 is 16.3. The van der Waals surface area contributed by atoms with Gasteiger partial charge in [-0.25, -0.2) is 14.1 Å². The predicted molar refractivity (Wildman–Crippen MR) is 75.9 cm³/mol. The van der Waals surface area contributed by atoms with Gasteiger partial charge in [0.2, 0.25) is 0 Å². The topological polar surface area (TPSA) is 30.2 Å². The fraction of sp³-hybridized carbons (Fsp3) is 0.286. The molecule has 0 radical (unpaired) electrons. The van der Waals surface area contributed by atoms with Crippen molar-refractivity contribution < 1.29 is 4.39 Å². The highest BCUT2D eigenvalue weighted by Crippen LogP contribution is 2.25. The molecule has 1 aromatic carbocycles. The van der Waals surface area contributed by atoms with Gasteiger partial charge in [-0.15, -0.1) is 0 Å². The Morgan fingerprint density at radius 1 is 1.42 bits per heavy atom. The summed E-state index contributed by atoms with van der Waals surface area (Å²) in [6.07, 6.45) is 3.25. The Hall–Kier alpha value is -1.49. The van der Waals surface area contributed by atoms with Gasteiger partial charge in [-0.05, 0) is 33.5 Å². The maximum absolute atomic E-state index is 13.7. The summed E-state index contributed by atoms with van der Waals surface area (Å²) in [5.41, 5.74) is 1.69. The summed E-state index contributed by atoms with van der Waals surface area (Å²) in [6, 6.07) is 6.77. The fourth-order valence-electron chi connectivity index (χ4n) is 2.24. The van der Waals surface area contributed by atoms with Crippen molar-refractivity contribution in [2.24, 2.45) is 11.0 Å². The number of aromatic nitrogens is 2. The molecular formula is C14H13BrFN3. The van der Waals surface area contributed by atoms with Gasteiger partial charge in [-0.1, -0.05) is 25.1 Å². The van der Waals surface area contributed by atoms with Crippen molar-refractivity contribution in [1.82, 2.24) is 9.66 Å². The third-order valence-corrected chi connectivity index (χ3v) is 3.86. The van der Waals surface area contributed by atoms with Crippen LogP contribution in [0, 0.1) is 11.7 Å². The summed E-state index contributed by atoms with van der Waals surface area (Å²) in [5.74, 6) is 0.959. The van der Waals surface area contributed by atoms with Crippen molar-refractivity contribution in [1.29, 1.82) is 0 Å². The smallest absolute Gasteiger partial charge is 0.136 e. The molecule has 98 valence electrons. The highest BCUT2D eigenvalue weighted by Gasteiger charge is 2.20. The van der Waals surface area contributed by atoms with Gasteiger partial charge in [0.05, 0.1) is 5.69 Å². The average Bonchev–Trinajstić information content (AvgIpc) is 2.69. The maximum Gasteiger partial charge on any atom is 0.136 e. The minimum absolute atomic E-state index is 0.205. The van der Waals surface area contributed by atoms with Crippen LogP contribution in [0.25, 0.3) is 0 Å². The van der Waals surface area contributed by atoms with E-state index in [0.29, 0.717) is 17.9 Å². The van der Waals surface area contributed by atoms with Crippen LogP contribution in [0.5, 0.6) is 0 Å². The van der Waals surface area contributed by atoms with Crippen LogP contribution in [0.1, 0.15) is 24.0 Å². The zero-order valence-electron chi connectivity index (χ0n) is 10.5. The molecule has 0 N–H and O–H groups in total. The van der Waals surface area contributed by atoms with Gasteiger partial charge in [-0.3, -0.25) is 0 Å². The molecule has 5 heteroatoms. The number of fused-ring (bicyclic) bond motifs is 1. The minimum atomic E-state index is -0.205. The lowest BCUT2D eigenvalue weighted by molar-refractivity contribution is 0.605. The normalized spacial score (nSPS) is 17.5. The van der Waals surface area contributed by atoms with Crippen LogP contribution in [0.15, 0.2) is 34.0 Å². The van der Waals surface area contributed by atoms with Gasteiger partial charge in [0.15, 0.2) is 0 Å². The highest BCUT2D eigenvalue weighted by atomic mass is 79.9. The van der Waals surface area contributed by atoms with Crippen LogP contribution >= 0.6 is 15.9 Å². The van der Waals surface area contributed by atoms with Crippen molar-refractivity contribution in [2.75, 3.05) is 0 Å². The van der Waals surface area contributed by atoms with E-state index in [1.54, 1.807) is 12.1 Å². The molecule has 2 aromatic rings. The molecule has 1 aromatic heterocycles. The molecule has 0 spiro atoms. The fourth-order valence-corrected chi connectivity index (χ4v) is 2.77. The van der Waals surface area contributed by atoms with Crippen LogP contribution in [0.4, 0.5) is 4.39 Å². The number of hydrogen-bond donors (Lipinski definition) is 0. The molecule has 1 aliphatic rings. The van der Waals surface area contributed by atoms with Crippen molar-refractivity contribution in [3.8, 4) is 0 Å². The third kappa shape index (κ3) is 2.34. The van der Waals surface area contributed by atoms with Gasteiger partial charge in [0.1, 0.15) is 16.2 Å². The van der Waals surface area contributed by atoms with Crippen LogP contribution in [-0.4, -0.2) is 15.9 Å². The lowest BCUT2D eigenvalue weighted by Gasteiger charge is -2.14. The van der Waals surface area contributed by atoms with E-state index < -0.39 is 0 Å². The largest absolute Gasteiger partial charge is 0.224 e. The molecule has 1 aliphatic heterocycles. The summed E-state index contributed by atoms with van der Waals surface area (Å²) in [6.45, 7) is 2.11. The Balaban J connectivity index is 1.99. The number of benzene rings is 1. The second-order valence-electron chi connectivity index (χ2n) is 4.79. The molecule has 0 bridgehead atoms. The first-order valence-electron chi connectivity index (χ1n) is 6.19. The van der Waals surface area contributed by atoms with Crippen molar-refractivity contribution in [2.45, 2.75) is 19.8 Å². The van der Waals surface area contributed by atoms with Crippen LogP contribution in [0.3, 0.4) is 0 Å². The molecule has 0 fully saturated rings. The van der Waals surface area contributed by atoms with Crippen LogP contribution in [-0.2, 0) is 12.8 Å². The molecule has 3 nitrogen and oxygen atoms in total. The molecule has 3 rings (SSSR count). The molecule has 0 amide bonds. The van der Waals surface area contributed by atoms with E-state index in [0.717, 1.165) is 22.5 Å². The Labute approximate surface area is 119 Å². The number of imidazole rings is 1. The van der Waals surface area contributed by atoms with Crippen molar-refractivity contribution >= 4 is 22.1 Å². The molecule has 19 heavy (non-hydrogen) atoms. The zero-order chi connectivity index (χ0) is 13.4. The van der Waals surface area contributed by atoms with Gasteiger partial charge >= 0.3 is 0 Å². The van der Waals surface area contributed by atoms with Crippen LogP contribution in [0.2, 0.25) is 0 Å². The lowest BCUT2D eigenvalue weighted by Crippen LogP contribution is -2.14. The Morgan fingerprint density at radius 3 is 3.00 bits per heavy atom. The monoisotopic (exact) mass is 321 g/mol. The second-order valence-corrected chi connectivity index (χ2v) is 5.54. The summed E-state index contributed by atoms with van der Waals surface area (Å²) in [4.78, 5) is 4.46. The zero-order valence-corrected chi connectivity index (χ0v) is 12.1. The van der Waals surface area contributed by atoms with E-state index in [1.807, 2.05) is 17.0 Å². The van der Waals surface area contributed by atoms with Gasteiger partial charge < -0.3 is 0 Å². The minimum Gasteiger partial charge on any atom is -0.224 e. The Kier molecular flexibility index (Phi) is 3.22. The van der Waals surface area contributed by atoms with Crippen molar-refractivity contribution in [3.63, 3.8) is 0 Å². The molecule has 0 saturated carbocycles. The molecule has 1 unspecified atom stereocenters. The van der Waals surface area contributed by atoms with Gasteiger partial charge in [-0.2, -0.15) is 5.10 Å². The van der Waals surface area contributed by atoms with E-state index in [2.05, 4.69) is 32.9 Å². The molecule has 0 saturated heterocycles. The Morgan fingerprint density at radius 2 is 2.21 bits per heavy atom. The van der Waals surface area contributed by atoms with E-state index in [1.165, 1.54) is 6.07 Å². The van der Waals surface area contributed by atoms with Crippen molar-refractivity contribution in [3.05, 3.63) is 51.8 Å². The number of halogens is 2. The SMILES string of the molecule is CC1C=Nn2c(Cc3ccccc3F)nc(Br)c2C1. The van der Waals surface area contributed by atoms with E-state index in [-0.39, 0.29) is 5.82 Å². The summed E-state index contributed by atoms with van der Waals surface area (Å²) in [7, 11) is 0. The molecule has 0 aliphatic carbocycles. The second kappa shape index (κ2) is 4.89.